The van der Waals surface area contributed by atoms with Crippen LogP contribution in [-0.2, 0) is 9.53 Å². The molecule has 1 atom stereocenters. The SMILES string of the molecule is COC(=O)N1C=Cc2ccccc2C1CC(=O)O. The molecule has 0 bridgehead atoms. The van der Waals surface area contributed by atoms with Crippen LogP contribution in [0, 0.1) is 0 Å². The lowest BCUT2D eigenvalue weighted by molar-refractivity contribution is -0.138. The van der Waals surface area contributed by atoms with Crippen LogP contribution in [0.5, 0.6) is 0 Å². The number of carbonyl (C=O) groups excluding carboxylic acids is 1. The van der Waals surface area contributed by atoms with Crippen LogP contribution in [0.1, 0.15) is 23.6 Å². The van der Waals surface area contributed by atoms with E-state index in [1.807, 2.05) is 24.3 Å². The average Bonchev–Trinajstić information content (AvgIpc) is 2.37. The molecule has 5 heteroatoms. The number of carboxylic acids is 1. The van der Waals surface area contributed by atoms with E-state index in [9.17, 15) is 9.59 Å². The van der Waals surface area contributed by atoms with Crippen molar-refractivity contribution in [3.05, 3.63) is 41.6 Å². The molecule has 0 radical (unpaired) electrons. The summed E-state index contributed by atoms with van der Waals surface area (Å²) in [5.74, 6) is -0.959. The third kappa shape index (κ3) is 2.20. The van der Waals surface area contributed by atoms with E-state index in [0.717, 1.165) is 11.1 Å². The molecule has 1 amide bonds. The van der Waals surface area contributed by atoms with E-state index < -0.39 is 18.1 Å². The van der Waals surface area contributed by atoms with Crippen molar-refractivity contribution in [1.82, 2.24) is 4.90 Å². The highest BCUT2D eigenvalue weighted by Crippen LogP contribution is 2.32. The zero-order chi connectivity index (χ0) is 13.1. The van der Waals surface area contributed by atoms with E-state index in [-0.39, 0.29) is 6.42 Å². The van der Waals surface area contributed by atoms with Crippen LogP contribution in [0.25, 0.3) is 6.08 Å². The third-order valence-corrected chi connectivity index (χ3v) is 2.86. The van der Waals surface area contributed by atoms with Crippen molar-refractivity contribution in [1.29, 1.82) is 0 Å². The fourth-order valence-electron chi connectivity index (χ4n) is 2.05. The second-order valence-electron chi connectivity index (χ2n) is 3.94. The summed E-state index contributed by atoms with van der Waals surface area (Å²) in [5, 5.41) is 8.96. The van der Waals surface area contributed by atoms with Crippen molar-refractivity contribution >= 4 is 18.1 Å². The first-order chi connectivity index (χ1) is 8.63. The highest BCUT2D eigenvalue weighted by Gasteiger charge is 2.30. The summed E-state index contributed by atoms with van der Waals surface area (Å²) in [4.78, 5) is 23.9. The van der Waals surface area contributed by atoms with Crippen molar-refractivity contribution in [2.45, 2.75) is 12.5 Å². The second kappa shape index (κ2) is 4.91. The fourth-order valence-corrected chi connectivity index (χ4v) is 2.05. The lowest BCUT2D eigenvalue weighted by atomic mass is 9.94. The summed E-state index contributed by atoms with van der Waals surface area (Å²) < 4.78 is 4.66. The van der Waals surface area contributed by atoms with Gasteiger partial charge in [0.1, 0.15) is 0 Å². The van der Waals surface area contributed by atoms with Gasteiger partial charge in [-0.3, -0.25) is 9.69 Å². The van der Waals surface area contributed by atoms with Crippen LogP contribution >= 0.6 is 0 Å². The van der Waals surface area contributed by atoms with Gasteiger partial charge in [-0.05, 0) is 17.2 Å². The van der Waals surface area contributed by atoms with Crippen LogP contribution in [0.2, 0.25) is 0 Å². The Labute approximate surface area is 104 Å². The fraction of sp³-hybridized carbons (Fsp3) is 0.231. The number of ether oxygens (including phenoxy) is 1. The van der Waals surface area contributed by atoms with Crippen LogP contribution in [0.15, 0.2) is 30.5 Å². The van der Waals surface area contributed by atoms with Gasteiger partial charge in [0.15, 0.2) is 0 Å². The number of benzene rings is 1. The lowest BCUT2D eigenvalue weighted by Gasteiger charge is -2.31. The van der Waals surface area contributed by atoms with Gasteiger partial charge in [-0.2, -0.15) is 0 Å². The predicted octanol–water partition coefficient (Wildman–Crippen LogP) is 2.26. The Hall–Kier alpha value is -2.30. The molecular formula is C13H13NO4. The van der Waals surface area contributed by atoms with E-state index >= 15 is 0 Å². The standard InChI is InChI=1S/C13H13NO4/c1-18-13(17)14-7-6-9-4-2-3-5-10(9)11(14)8-12(15)16/h2-7,11H,8H2,1H3,(H,15,16). The maximum Gasteiger partial charge on any atom is 0.414 e. The van der Waals surface area contributed by atoms with Crippen LogP contribution in [0.4, 0.5) is 4.79 Å². The van der Waals surface area contributed by atoms with Crippen LogP contribution < -0.4 is 0 Å². The largest absolute Gasteiger partial charge is 0.481 e. The molecule has 94 valence electrons. The molecular weight excluding hydrogens is 234 g/mol. The monoisotopic (exact) mass is 247 g/mol. The van der Waals surface area contributed by atoms with E-state index in [1.54, 1.807) is 12.3 Å². The Morgan fingerprint density at radius 3 is 2.78 bits per heavy atom. The van der Waals surface area contributed by atoms with Crippen molar-refractivity contribution in [2.24, 2.45) is 0 Å². The molecule has 0 saturated heterocycles. The number of hydrogen-bond donors (Lipinski definition) is 1. The number of carboxylic acid groups (broad SMARTS) is 1. The number of hydrogen-bond acceptors (Lipinski definition) is 3. The maximum atomic E-state index is 11.6. The number of methoxy groups -OCH3 is 1. The molecule has 0 aliphatic carbocycles. The van der Waals surface area contributed by atoms with Gasteiger partial charge < -0.3 is 9.84 Å². The molecule has 0 aromatic heterocycles. The van der Waals surface area contributed by atoms with Gasteiger partial charge in [0.2, 0.25) is 0 Å². The zero-order valence-electron chi connectivity index (χ0n) is 9.87. The molecule has 1 unspecified atom stereocenters. The Bertz CT molecular complexity index is 509. The van der Waals surface area contributed by atoms with Gasteiger partial charge >= 0.3 is 12.1 Å². The molecule has 1 aromatic rings. The number of fused-ring (bicyclic) bond motifs is 1. The molecule has 0 fully saturated rings. The lowest BCUT2D eigenvalue weighted by Crippen LogP contribution is -2.33. The Kier molecular flexibility index (Phi) is 3.32. The summed E-state index contributed by atoms with van der Waals surface area (Å²) >= 11 is 0. The Balaban J connectivity index is 2.41. The molecule has 1 aliphatic heterocycles. The minimum Gasteiger partial charge on any atom is -0.481 e. The summed E-state index contributed by atoms with van der Waals surface area (Å²) in [7, 11) is 1.27. The Morgan fingerprint density at radius 1 is 1.39 bits per heavy atom. The van der Waals surface area contributed by atoms with Crippen molar-refractivity contribution in [3.63, 3.8) is 0 Å². The van der Waals surface area contributed by atoms with E-state index in [4.69, 9.17) is 5.11 Å². The van der Waals surface area contributed by atoms with Crippen molar-refractivity contribution in [3.8, 4) is 0 Å². The molecule has 0 spiro atoms. The molecule has 1 heterocycles. The van der Waals surface area contributed by atoms with E-state index in [2.05, 4.69) is 4.74 Å². The van der Waals surface area contributed by atoms with Gasteiger partial charge in [0.25, 0.3) is 0 Å². The van der Waals surface area contributed by atoms with E-state index in [0.29, 0.717) is 0 Å². The topological polar surface area (TPSA) is 66.8 Å². The number of nitrogens with zero attached hydrogens (tertiary/aromatic N) is 1. The molecule has 0 saturated carbocycles. The predicted molar refractivity (Wildman–Crippen MR) is 64.7 cm³/mol. The highest BCUT2D eigenvalue weighted by molar-refractivity contribution is 5.76. The van der Waals surface area contributed by atoms with Gasteiger partial charge in [-0.1, -0.05) is 24.3 Å². The van der Waals surface area contributed by atoms with Gasteiger partial charge in [-0.25, -0.2) is 4.79 Å². The summed E-state index contributed by atoms with van der Waals surface area (Å²) in [6.07, 6.45) is 2.61. The molecule has 18 heavy (non-hydrogen) atoms. The first-order valence-electron chi connectivity index (χ1n) is 5.48. The summed E-state index contributed by atoms with van der Waals surface area (Å²) in [6, 6.07) is 6.87. The highest BCUT2D eigenvalue weighted by atomic mass is 16.5. The smallest absolute Gasteiger partial charge is 0.414 e. The first-order valence-corrected chi connectivity index (χ1v) is 5.48. The first kappa shape index (κ1) is 12.2. The van der Waals surface area contributed by atoms with Gasteiger partial charge in [0.05, 0.1) is 19.6 Å². The molecule has 1 aromatic carbocycles. The third-order valence-electron chi connectivity index (χ3n) is 2.86. The minimum atomic E-state index is -0.959. The molecule has 1 N–H and O–H groups in total. The zero-order valence-corrected chi connectivity index (χ0v) is 9.87. The van der Waals surface area contributed by atoms with Crippen molar-refractivity contribution in [2.75, 3.05) is 7.11 Å². The maximum absolute atomic E-state index is 11.6. The van der Waals surface area contributed by atoms with E-state index in [1.165, 1.54) is 12.0 Å². The van der Waals surface area contributed by atoms with Gasteiger partial charge in [0, 0.05) is 6.20 Å². The number of rotatable bonds is 2. The molecule has 2 rings (SSSR count). The van der Waals surface area contributed by atoms with Crippen molar-refractivity contribution < 1.29 is 19.4 Å². The average molecular weight is 247 g/mol. The van der Waals surface area contributed by atoms with Crippen LogP contribution in [-0.4, -0.2) is 29.2 Å². The number of amides is 1. The normalized spacial score (nSPS) is 17.2. The van der Waals surface area contributed by atoms with Crippen LogP contribution in [0.3, 0.4) is 0 Å². The quantitative estimate of drug-likeness (QED) is 0.870. The molecule has 5 nitrogen and oxygen atoms in total. The van der Waals surface area contributed by atoms with Gasteiger partial charge in [-0.15, -0.1) is 0 Å². The Morgan fingerprint density at radius 2 is 2.11 bits per heavy atom. The number of aliphatic carboxylic acids is 1. The summed E-state index contributed by atoms with van der Waals surface area (Å²) in [5.41, 5.74) is 1.73. The second-order valence-corrected chi connectivity index (χ2v) is 3.94. The summed E-state index contributed by atoms with van der Waals surface area (Å²) in [6.45, 7) is 0. The molecule has 1 aliphatic rings. The minimum absolute atomic E-state index is 0.156. The number of carbonyl (C=O) groups is 2.